The molecule has 2 saturated carbocycles. The highest BCUT2D eigenvalue weighted by Crippen LogP contribution is 2.63. The van der Waals surface area contributed by atoms with E-state index in [1.54, 1.807) is 6.07 Å². The number of hydrogen-bond donors (Lipinski definition) is 2. The lowest BCUT2D eigenvalue weighted by atomic mass is 9.53. The van der Waals surface area contributed by atoms with Crippen LogP contribution < -0.4 is 0 Å². The minimum Gasteiger partial charge on any atom is -0.508 e. The highest BCUT2D eigenvalue weighted by atomic mass is 32.2. The molecule has 0 bridgehead atoms. The summed E-state index contributed by atoms with van der Waals surface area (Å²) in [5, 5.41) is 21.0. The molecule has 240 valence electrons. The Bertz CT molecular complexity index is 1030. The summed E-state index contributed by atoms with van der Waals surface area (Å²) in [5.41, 5.74) is 1.79. The van der Waals surface area contributed by atoms with Crippen molar-refractivity contribution < 1.29 is 36.6 Å². The molecule has 3 aliphatic carbocycles. The summed E-state index contributed by atoms with van der Waals surface area (Å²) in [7, 11) is 2.04. The second-order valence-electron chi connectivity index (χ2n) is 13.3. The van der Waals surface area contributed by atoms with E-state index >= 15 is 4.39 Å². The van der Waals surface area contributed by atoms with Crippen molar-refractivity contribution in [2.75, 3.05) is 31.6 Å². The number of benzene rings is 1. The second-order valence-corrected chi connectivity index (χ2v) is 14.5. The van der Waals surface area contributed by atoms with E-state index < -0.39 is 30.8 Å². The van der Waals surface area contributed by atoms with E-state index in [2.05, 4.69) is 11.8 Å². The normalized spacial score (nSPS) is 31.2. The van der Waals surface area contributed by atoms with Crippen LogP contribution in [0.15, 0.2) is 18.2 Å². The van der Waals surface area contributed by atoms with Crippen LogP contribution in [0.5, 0.6) is 5.75 Å². The van der Waals surface area contributed by atoms with Crippen molar-refractivity contribution in [2.45, 2.75) is 114 Å². The monoisotopic (exact) mass is 623 g/mol. The Morgan fingerprint density at radius 3 is 2.43 bits per heavy atom. The fraction of sp³-hybridized carbons (Fsp3) is 0.812. The number of nitrogens with zero attached hydrogens (tertiary/aromatic N) is 1. The molecule has 2 fully saturated rings. The fourth-order valence-corrected chi connectivity index (χ4v) is 9.01. The van der Waals surface area contributed by atoms with Gasteiger partial charge in [0.05, 0.1) is 6.10 Å². The molecule has 3 aliphatic rings. The van der Waals surface area contributed by atoms with Crippen LogP contribution in [0.3, 0.4) is 0 Å². The Labute approximate surface area is 250 Å². The minimum absolute atomic E-state index is 0.157. The summed E-state index contributed by atoms with van der Waals surface area (Å²) < 4.78 is 78.3. The number of unbranched alkanes of at least 4 members (excludes halogenated alkanes) is 2. The van der Waals surface area contributed by atoms with Gasteiger partial charge < -0.3 is 15.1 Å². The standard InChI is InChI=1S/C32H47F6NO2S/c1-30-20-27(33)29-23-10-9-22(40)19-24(23)21(18-25(29)26(30)11-12-28(30)41)8-4-3-5-14-39(2)15-7-17-42-16-6-13-31(34,35)32(36,37)38/h9-10,19,21,25-29,40-41H,3-8,11-18,20H2,1-2H3/t21-,25-,26-,27-,28-,29+,30-/m0/s1. The van der Waals surface area contributed by atoms with Crippen LogP contribution in [0, 0.1) is 17.3 Å². The van der Waals surface area contributed by atoms with Gasteiger partial charge in [0.15, 0.2) is 0 Å². The first-order valence-corrected chi connectivity index (χ1v) is 16.8. The molecule has 2 N–H and O–H groups in total. The van der Waals surface area contributed by atoms with Crippen molar-refractivity contribution in [1.82, 2.24) is 4.90 Å². The largest absolute Gasteiger partial charge is 0.508 e. The molecule has 3 nitrogen and oxygen atoms in total. The quantitative estimate of drug-likeness (QED) is 0.161. The van der Waals surface area contributed by atoms with Crippen molar-refractivity contribution >= 4 is 11.8 Å². The molecule has 4 rings (SSSR count). The van der Waals surface area contributed by atoms with E-state index in [0.29, 0.717) is 18.1 Å². The number of phenolic OH excluding ortho intramolecular Hbond substituents is 1. The molecule has 10 heteroatoms. The van der Waals surface area contributed by atoms with Crippen LogP contribution in [0.1, 0.15) is 101 Å². The van der Waals surface area contributed by atoms with Gasteiger partial charge in [-0.15, -0.1) is 0 Å². The Morgan fingerprint density at radius 1 is 0.976 bits per heavy atom. The number of thioether (sulfide) groups is 1. The van der Waals surface area contributed by atoms with Crippen LogP contribution in [0.4, 0.5) is 26.3 Å². The molecular weight excluding hydrogens is 576 g/mol. The van der Waals surface area contributed by atoms with Crippen LogP contribution in [0.2, 0.25) is 0 Å². The molecule has 1 aromatic rings. The van der Waals surface area contributed by atoms with Gasteiger partial charge in [0.25, 0.3) is 0 Å². The van der Waals surface area contributed by atoms with Gasteiger partial charge in [-0.25, -0.2) is 4.39 Å². The van der Waals surface area contributed by atoms with Crippen molar-refractivity contribution in [3.63, 3.8) is 0 Å². The average Bonchev–Trinajstić information content (AvgIpc) is 3.20. The van der Waals surface area contributed by atoms with E-state index in [1.807, 2.05) is 19.2 Å². The lowest BCUT2D eigenvalue weighted by Crippen LogP contribution is -2.49. The highest BCUT2D eigenvalue weighted by molar-refractivity contribution is 7.99. The molecule has 1 aromatic carbocycles. The van der Waals surface area contributed by atoms with Crippen LogP contribution in [-0.4, -0.2) is 71.1 Å². The molecule has 0 saturated heterocycles. The topological polar surface area (TPSA) is 43.7 Å². The average molecular weight is 624 g/mol. The maximum atomic E-state index is 15.7. The Balaban J connectivity index is 1.18. The zero-order chi connectivity index (χ0) is 30.7. The summed E-state index contributed by atoms with van der Waals surface area (Å²) >= 11 is 1.42. The third kappa shape index (κ3) is 7.56. The van der Waals surface area contributed by atoms with E-state index in [0.717, 1.165) is 81.3 Å². The minimum atomic E-state index is -5.47. The summed E-state index contributed by atoms with van der Waals surface area (Å²) in [6.07, 6.45) is -0.250. The van der Waals surface area contributed by atoms with Crippen LogP contribution in [-0.2, 0) is 0 Å². The predicted octanol–water partition coefficient (Wildman–Crippen LogP) is 8.69. The molecule has 7 atom stereocenters. The molecule has 0 spiro atoms. The molecule has 0 amide bonds. The summed E-state index contributed by atoms with van der Waals surface area (Å²) in [5.74, 6) is -2.71. The van der Waals surface area contributed by atoms with Gasteiger partial charge in [-0.3, -0.25) is 0 Å². The number of halogens is 6. The number of rotatable bonds is 14. The molecule has 0 aliphatic heterocycles. The molecule has 0 heterocycles. The van der Waals surface area contributed by atoms with Crippen molar-refractivity contribution in [3.8, 4) is 5.75 Å². The number of hydrogen-bond acceptors (Lipinski definition) is 4. The van der Waals surface area contributed by atoms with Gasteiger partial charge in [-0.1, -0.05) is 25.8 Å². The molecule has 0 radical (unpaired) electrons. The maximum Gasteiger partial charge on any atom is 0.453 e. The SMILES string of the molecule is CN(CCCCC[C@H]1C[C@@H]2[C@@H](c3ccc(O)cc31)[C@@H](F)C[C@]1(C)[C@@H](O)CC[C@@H]21)CCCSCCCC(F)(F)C(F)(F)F. The van der Waals surface area contributed by atoms with Gasteiger partial charge in [-0.2, -0.15) is 33.7 Å². The highest BCUT2D eigenvalue weighted by Gasteiger charge is 2.59. The molecule has 0 aromatic heterocycles. The first kappa shape index (κ1) is 33.8. The van der Waals surface area contributed by atoms with E-state index in [-0.39, 0.29) is 35.3 Å². The Morgan fingerprint density at radius 2 is 1.69 bits per heavy atom. The van der Waals surface area contributed by atoms with Gasteiger partial charge in [0, 0.05) is 12.3 Å². The second kappa shape index (κ2) is 13.9. The number of aliphatic hydroxyl groups excluding tert-OH is 1. The zero-order valence-corrected chi connectivity index (χ0v) is 25.6. The Kier molecular flexibility index (Phi) is 11.2. The first-order valence-electron chi connectivity index (χ1n) is 15.6. The van der Waals surface area contributed by atoms with Gasteiger partial charge in [-0.05, 0) is 129 Å². The number of aliphatic hydroxyl groups is 1. The summed E-state index contributed by atoms with van der Waals surface area (Å²) in [6.45, 7) is 3.85. The summed E-state index contributed by atoms with van der Waals surface area (Å²) in [4.78, 5) is 2.23. The van der Waals surface area contributed by atoms with E-state index in [4.69, 9.17) is 0 Å². The lowest BCUT2D eigenvalue weighted by molar-refractivity contribution is -0.284. The maximum absolute atomic E-state index is 15.7. The number of aromatic hydroxyl groups is 1. The lowest BCUT2D eigenvalue weighted by Gasteiger charge is -2.53. The van der Waals surface area contributed by atoms with Gasteiger partial charge >= 0.3 is 12.1 Å². The third-order valence-corrected chi connectivity index (χ3v) is 11.6. The first-order chi connectivity index (χ1) is 19.7. The fourth-order valence-electron chi connectivity index (χ4n) is 8.12. The van der Waals surface area contributed by atoms with Crippen molar-refractivity contribution in [3.05, 3.63) is 29.3 Å². The molecule has 0 unspecified atom stereocenters. The number of phenols is 1. The summed E-state index contributed by atoms with van der Waals surface area (Å²) in [6, 6.07) is 5.46. The Hall–Kier alpha value is -1.13. The van der Waals surface area contributed by atoms with Gasteiger partial charge in [0.1, 0.15) is 11.9 Å². The number of alkyl halides is 6. The molecular formula is C32H47F6NO2S. The van der Waals surface area contributed by atoms with Crippen molar-refractivity contribution in [1.29, 1.82) is 0 Å². The zero-order valence-electron chi connectivity index (χ0n) is 24.8. The van der Waals surface area contributed by atoms with Gasteiger partial charge in [0.2, 0.25) is 0 Å². The van der Waals surface area contributed by atoms with Crippen LogP contribution >= 0.6 is 11.8 Å². The number of fused-ring (bicyclic) bond motifs is 5. The molecule has 42 heavy (non-hydrogen) atoms. The van der Waals surface area contributed by atoms with Crippen molar-refractivity contribution in [2.24, 2.45) is 17.3 Å². The van der Waals surface area contributed by atoms with Crippen LogP contribution in [0.25, 0.3) is 0 Å². The van der Waals surface area contributed by atoms with E-state index in [1.165, 1.54) is 11.8 Å². The van der Waals surface area contributed by atoms with E-state index in [9.17, 15) is 32.2 Å². The smallest absolute Gasteiger partial charge is 0.453 e. The predicted molar refractivity (Wildman–Crippen MR) is 156 cm³/mol. The third-order valence-electron chi connectivity index (χ3n) is 10.4.